The van der Waals surface area contributed by atoms with Crippen LogP contribution in [0.5, 0.6) is 0 Å². The molecule has 1 aromatic carbocycles. The molecule has 9 amide bonds. The minimum atomic E-state index is -1.34. The number of thiophene rings is 1. The third-order valence-electron chi connectivity index (χ3n) is 17.7. The van der Waals surface area contributed by atoms with E-state index in [-0.39, 0.29) is 146 Å². The summed E-state index contributed by atoms with van der Waals surface area (Å²) >= 11 is 1.31. The second-order valence-corrected chi connectivity index (χ2v) is 25.4. The van der Waals surface area contributed by atoms with Crippen molar-refractivity contribution in [3.05, 3.63) is 57.8 Å². The Morgan fingerprint density at radius 3 is 1.88 bits per heavy atom. The van der Waals surface area contributed by atoms with E-state index in [1.807, 2.05) is 18.2 Å². The monoisotopic (exact) mass is 1320 g/mol. The van der Waals surface area contributed by atoms with Crippen LogP contribution in [0.15, 0.2) is 56.8 Å². The highest BCUT2D eigenvalue weighted by atomic mass is 32.1. The predicted molar refractivity (Wildman–Crippen MR) is 344 cm³/mol. The maximum absolute atomic E-state index is 15.5. The molecule has 0 bridgehead atoms. The molecule has 0 radical (unpaired) electrons. The number of nitrogens with zero attached hydrogens (tertiary/aromatic N) is 7. The van der Waals surface area contributed by atoms with Gasteiger partial charge in [0.25, 0.3) is 0 Å². The number of guanidine groups is 3. The Morgan fingerprint density at radius 1 is 0.613 bits per heavy atom. The molecule has 4 aliphatic heterocycles. The lowest BCUT2D eigenvalue weighted by Gasteiger charge is -2.42. The molecular weight excluding hydrogens is 1220 g/mol. The van der Waals surface area contributed by atoms with E-state index in [0.29, 0.717) is 24.1 Å². The fraction of sp³-hybridized carbons (Fsp3) is 0.617. The van der Waals surface area contributed by atoms with Gasteiger partial charge in [-0.1, -0.05) is 43.2 Å². The van der Waals surface area contributed by atoms with Crippen LogP contribution in [0.3, 0.4) is 0 Å². The Morgan fingerprint density at radius 2 is 1.24 bits per heavy atom. The average Bonchev–Trinajstić information content (AvgIpc) is 1.72. The molecule has 3 saturated heterocycles. The molecule has 1 aliphatic carbocycles. The van der Waals surface area contributed by atoms with Crippen molar-refractivity contribution in [2.24, 2.45) is 66.8 Å². The number of likely N-dealkylation sites (tertiary alicyclic amines) is 3. The second-order valence-electron chi connectivity index (χ2n) is 24.3. The van der Waals surface area contributed by atoms with Crippen molar-refractivity contribution in [3.63, 3.8) is 0 Å². The van der Waals surface area contributed by atoms with Crippen LogP contribution in [0.4, 0.5) is 0 Å². The first-order chi connectivity index (χ1) is 44.4. The third kappa shape index (κ3) is 19.7. The van der Waals surface area contributed by atoms with Crippen molar-refractivity contribution in [2.45, 2.75) is 182 Å². The van der Waals surface area contributed by atoms with Gasteiger partial charge >= 0.3 is 5.97 Å². The molecule has 12 atom stereocenters. The predicted octanol–water partition coefficient (Wildman–Crippen LogP) is -4.67. The first-order valence-electron chi connectivity index (χ1n) is 31.8. The molecule has 4 fully saturated rings. The topological polar surface area (TPSA) is 530 Å². The fourth-order valence-electron chi connectivity index (χ4n) is 13.1. The molecule has 1 aromatic heterocycles. The molecule has 510 valence electrons. The number of fused-ring (bicyclic) bond motifs is 2. The number of aliphatic hydroxyl groups is 1. The number of carboxylic acid groups (broad SMARTS) is 1. The van der Waals surface area contributed by atoms with Crippen molar-refractivity contribution in [2.75, 3.05) is 45.8 Å². The molecule has 93 heavy (non-hydrogen) atoms. The van der Waals surface area contributed by atoms with E-state index in [9.17, 15) is 48.6 Å². The Bertz CT molecular complexity index is 3070. The van der Waals surface area contributed by atoms with Crippen molar-refractivity contribution >= 4 is 88.3 Å². The number of hydrogen-bond acceptors (Lipinski definition) is 17. The number of β-amino-alcohol motifs (C(OH)–C–C–N with tert-alkyl or cyclic N) is 1. The van der Waals surface area contributed by atoms with Crippen LogP contribution in [-0.2, 0) is 67.3 Å². The SMILES string of the molecule is NCC[C@H](NC(=O)[C@H](Cc1cccs1)NC(=O)CNC(=O)[C@@H]1C[C@@H](O)CN1C(=O)[C@@H]1CCCN1C(=O)[C@H](CCCN=C(N)N)NC(=O)[C@H](N)CCCN=C(N)N)C(=O)N1Cc2ccccc2C[C@@H]1C(=O)N1[C@H](C(=O)N[C@@H](CCCN=C(N)N)C(=O)O)C[C@@H]2CCCC[C@@H]21. The molecule has 33 heteroatoms. The van der Waals surface area contributed by atoms with Gasteiger partial charge in [-0.3, -0.25) is 58.1 Å². The van der Waals surface area contributed by atoms with Gasteiger partial charge in [-0.05, 0) is 112 Å². The third-order valence-corrected chi connectivity index (χ3v) is 18.6. The number of hydrogen-bond donors (Lipinski definition) is 15. The van der Waals surface area contributed by atoms with Crippen molar-refractivity contribution in [1.29, 1.82) is 0 Å². The summed E-state index contributed by atoms with van der Waals surface area (Å²) in [5.74, 6) is -7.80. The molecule has 0 unspecified atom stereocenters. The van der Waals surface area contributed by atoms with Crippen LogP contribution < -0.4 is 72.5 Å². The maximum atomic E-state index is 15.5. The zero-order valence-electron chi connectivity index (χ0n) is 52.3. The van der Waals surface area contributed by atoms with Crippen LogP contribution in [-0.4, -0.2) is 219 Å². The van der Waals surface area contributed by atoms with Crippen LogP contribution >= 0.6 is 11.3 Å². The highest BCUT2D eigenvalue weighted by molar-refractivity contribution is 7.09. The fourth-order valence-corrected chi connectivity index (χ4v) is 13.9. The largest absolute Gasteiger partial charge is 0.480 e. The molecule has 32 nitrogen and oxygen atoms in total. The highest BCUT2D eigenvalue weighted by Crippen LogP contribution is 2.41. The van der Waals surface area contributed by atoms with Crippen LogP contribution in [0.1, 0.15) is 112 Å². The summed E-state index contributed by atoms with van der Waals surface area (Å²) in [6, 6.07) is -0.276. The number of nitrogens with one attached hydrogen (secondary N) is 5. The normalized spacial score (nSPS) is 22.3. The number of nitrogens with two attached hydrogens (primary N) is 8. The number of aliphatic hydroxyl groups excluding tert-OH is 1. The van der Waals surface area contributed by atoms with E-state index in [1.54, 1.807) is 28.5 Å². The van der Waals surface area contributed by atoms with Gasteiger partial charge in [0, 0.05) is 69.4 Å². The number of carbonyl (C=O) groups is 10. The first kappa shape index (κ1) is 71.7. The molecule has 7 rings (SSSR count). The Hall–Kier alpha value is -8.69. The summed E-state index contributed by atoms with van der Waals surface area (Å²) in [6.07, 6.45) is 3.62. The summed E-state index contributed by atoms with van der Waals surface area (Å²) in [5, 5.41) is 36.3. The van der Waals surface area contributed by atoms with Crippen LogP contribution in [0.2, 0.25) is 0 Å². The lowest BCUT2D eigenvalue weighted by molar-refractivity contribution is -0.153. The summed E-state index contributed by atoms with van der Waals surface area (Å²) in [4.78, 5) is 160. The number of carbonyl (C=O) groups excluding carboxylic acids is 9. The zero-order valence-corrected chi connectivity index (χ0v) is 53.1. The van der Waals surface area contributed by atoms with E-state index in [2.05, 4.69) is 41.6 Å². The lowest BCUT2D eigenvalue weighted by atomic mass is 9.84. The zero-order chi connectivity index (χ0) is 67.5. The van der Waals surface area contributed by atoms with Gasteiger partial charge in [-0.2, -0.15) is 0 Å². The van der Waals surface area contributed by atoms with Crippen molar-refractivity contribution in [3.8, 4) is 0 Å². The first-order valence-corrected chi connectivity index (χ1v) is 32.7. The smallest absolute Gasteiger partial charge is 0.326 e. The summed E-state index contributed by atoms with van der Waals surface area (Å²) < 4.78 is 0. The second kappa shape index (κ2) is 34.3. The maximum Gasteiger partial charge on any atom is 0.326 e. The average molecular weight is 1320 g/mol. The molecular formula is C60H92N20O12S. The Balaban J connectivity index is 1.03. The standard InChI is InChI=1S/C60H92N20O12S/c61-20-19-40(54(88)78-31-35-12-2-1-10-33(35)26-47(78)56(90)80-43-17-4-3-11-34(43)27-46(80)52(86)76-41(57(91)92)16-7-23-71-60(67)68)75-50(84)42(29-37-13-9-25-93-37)73-48(82)30-72-51(85)45-28-36(81)32-79(45)55(89)44-18-8-24-77(44)53(87)39(15-6-22-70-59(65)66)74-49(83)38(62)14-5-21-69-58(63)64/h1-2,9-10,12-13,25,34,36,38-47,81H,3-8,11,14-24,26-32,61-62H2,(H,72,85)(H,73,82)(H,74,83)(H,75,84)(H,76,86)(H,91,92)(H4,63,64,69)(H4,65,66,70)(H4,67,68,71)/t34-,36+,38+,39-,40-,41-,42-,43-,44-,45-,46-,47+/m0/s1. The molecule has 2 aromatic rings. The summed E-state index contributed by atoms with van der Waals surface area (Å²) in [5.41, 5.74) is 46.6. The Labute approximate surface area is 543 Å². The van der Waals surface area contributed by atoms with Gasteiger partial charge in [-0.15, -0.1) is 11.3 Å². The van der Waals surface area contributed by atoms with Crippen LogP contribution in [0.25, 0.3) is 0 Å². The number of benzene rings is 1. The molecule has 23 N–H and O–H groups in total. The number of rotatable bonds is 31. The molecule has 1 saturated carbocycles. The van der Waals surface area contributed by atoms with E-state index in [0.717, 1.165) is 30.4 Å². The van der Waals surface area contributed by atoms with E-state index < -0.39 is 126 Å². The lowest BCUT2D eigenvalue weighted by Crippen LogP contribution is -2.62. The molecule has 0 spiro atoms. The van der Waals surface area contributed by atoms with E-state index in [1.165, 1.54) is 26.0 Å². The van der Waals surface area contributed by atoms with Gasteiger partial charge < -0.3 is 102 Å². The number of amides is 9. The minimum Gasteiger partial charge on any atom is -0.480 e. The van der Waals surface area contributed by atoms with Crippen molar-refractivity contribution in [1.82, 2.24) is 46.2 Å². The van der Waals surface area contributed by atoms with Gasteiger partial charge in [0.05, 0.1) is 18.7 Å². The minimum absolute atomic E-state index is 0.0139. The Kier molecular flexibility index (Phi) is 26.4. The van der Waals surface area contributed by atoms with E-state index in [4.69, 9.17) is 45.9 Å². The highest BCUT2D eigenvalue weighted by Gasteiger charge is 2.52. The van der Waals surface area contributed by atoms with E-state index >= 15 is 9.59 Å². The van der Waals surface area contributed by atoms with Gasteiger partial charge in [-0.25, -0.2) is 4.79 Å². The molecule has 5 aliphatic rings. The quantitative estimate of drug-likeness (QED) is 0.0192. The summed E-state index contributed by atoms with van der Waals surface area (Å²) in [7, 11) is 0. The van der Waals surface area contributed by atoms with Crippen molar-refractivity contribution < 1.29 is 58.2 Å². The molecule has 5 heterocycles. The van der Waals surface area contributed by atoms with Gasteiger partial charge in [0.1, 0.15) is 48.3 Å². The summed E-state index contributed by atoms with van der Waals surface area (Å²) in [6.45, 7) is -0.465. The van der Waals surface area contributed by atoms with Gasteiger partial charge in [0.2, 0.25) is 53.2 Å². The van der Waals surface area contributed by atoms with Crippen LogP contribution in [0, 0.1) is 5.92 Å². The van der Waals surface area contributed by atoms with Gasteiger partial charge in [0.15, 0.2) is 17.9 Å². The number of aliphatic carboxylic acids is 1. The number of carboxylic acids is 1. The number of aliphatic imine (C=N–C) groups is 3.